The maximum atomic E-state index is 11.7. The van der Waals surface area contributed by atoms with Crippen molar-refractivity contribution in [3.05, 3.63) is 18.2 Å². The summed E-state index contributed by atoms with van der Waals surface area (Å²) in [6.45, 7) is 7.38. The molecule has 0 amide bonds. The normalized spacial score (nSPS) is 12.4. The smallest absolute Gasteiger partial charge is 0.324 e. The lowest BCUT2D eigenvalue weighted by molar-refractivity contribution is -0.146. The van der Waals surface area contributed by atoms with E-state index in [1.165, 1.54) is 0 Å². The number of aromatic nitrogens is 2. The van der Waals surface area contributed by atoms with Gasteiger partial charge in [0.1, 0.15) is 11.9 Å². The van der Waals surface area contributed by atoms with Crippen LogP contribution in [0.25, 0.3) is 0 Å². The molecular formula is C11H19N3O2. The van der Waals surface area contributed by atoms with Crippen LogP contribution in [0.5, 0.6) is 0 Å². The fraction of sp³-hybridized carbons (Fsp3) is 0.636. The zero-order chi connectivity index (χ0) is 12.0. The number of carbonyl (C=O) groups is 1. The number of aryl methyl sites for hydroxylation is 1. The predicted octanol–water partition coefficient (Wildman–Crippen LogP) is 0.733. The van der Waals surface area contributed by atoms with Gasteiger partial charge in [-0.3, -0.25) is 4.79 Å². The van der Waals surface area contributed by atoms with Crippen LogP contribution in [0.4, 0.5) is 0 Å². The van der Waals surface area contributed by atoms with E-state index in [1.807, 2.05) is 31.5 Å². The molecule has 0 aliphatic carbocycles. The lowest BCUT2D eigenvalue weighted by Gasteiger charge is -2.17. The fourth-order valence-corrected chi connectivity index (χ4v) is 1.51. The number of imidazole rings is 1. The van der Waals surface area contributed by atoms with E-state index in [9.17, 15) is 4.79 Å². The minimum atomic E-state index is -0.308. The first kappa shape index (κ1) is 12.7. The Hall–Kier alpha value is -1.36. The maximum Gasteiger partial charge on any atom is 0.324 e. The third-order valence-corrected chi connectivity index (χ3v) is 2.32. The van der Waals surface area contributed by atoms with Crippen LogP contribution in [0.2, 0.25) is 0 Å². The van der Waals surface area contributed by atoms with E-state index >= 15 is 0 Å². The summed E-state index contributed by atoms with van der Waals surface area (Å²) in [5.41, 5.74) is 0. The molecule has 0 aliphatic rings. The molecular weight excluding hydrogens is 206 g/mol. The number of rotatable bonds is 6. The van der Waals surface area contributed by atoms with E-state index in [1.54, 1.807) is 6.20 Å². The summed E-state index contributed by atoms with van der Waals surface area (Å²) in [5, 5.41) is 3.11. The summed E-state index contributed by atoms with van der Waals surface area (Å²) in [7, 11) is 0. The average Bonchev–Trinajstić information content (AvgIpc) is 2.64. The Kier molecular flexibility index (Phi) is 4.98. The Bertz CT molecular complexity index is 336. The molecule has 1 unspecified atom stereocenters. The van der Waals surface area contributed by atoms with Gasteiger partial charge in [-0.25, -0.2) is 4.98 Å². The monoisotopic (exact) mass is 225 g/mol. The third kappa shape index (κ3) is 3.34. The summed E-state index contributed by atoms with van der Waals surface area (Å²) in [5.74, 6) is 0.685. The minimum Gasteiger partial charge on any atom is -0.465 e. The lowest BCUT2D eigenvalue weighted by Crippen LogP contribution is -2.41. The Morgan fingerprint density at radius 3 is 2.88 bits per heavy atom. The SMILES string of the molecule is CCNC(Cn1ccnc1C)C(=O)OCC. The van der Waals surface area contributed by atoms with Gasteiger partial charge < -0.3 is 14.6 Å². The van der Waals surface area contributed by atoms with Crippen LogP contribution >= 0.6 is 0 Å². The van der Waals surface area contributed by atoms with Crippen molar-refractivity contribution in [2.75, 3.05) is 13.2 Å². The van der Waals surface area contributed by atoms with E-state index in [0.717, 1.165) is 12.4 Å². The van der Waals surface area contributed by atoms with Gasteiger partial charge in [0.25, 0.3) is 0 Å². The van der Waals surface area contributed by atoms with Crippen molar-refractivity contribution < 1.29 is 9.53 Å². The molecule has 0 aromatic carbocycles. The van der Waals surface area contributed by atoms with Crippen molar-refractivity contribution in [2.24, 2.45) is 0 Å². The summed E-state index contributed by atoms with van der Waals surface area (Å²) >= 11 is 0. The van der Waals surface area contributed by atoms with Gasteiger partial charge in [-0.1, -0.05) is 6.92 Å². The Balaban J connectivity index is 2.64. The quantitative estimate of drug-likeness (QED) is 0.725. The molecule has 1 aromatic heterocycles. The number of likely N-dealkylation sites (N-methyl/N-ethyl adjacent to an activating group) is 1. The van der Waals surface area contributed by atoms with Gasteiger partial charge in [-0.2, -0.15) is 0 Å². The average molecular weight is 225 g/mol. The first-order valence-corrected chi connectivity index (χ1v) is 5.56. The third-order valence-electron chi connectivity index (χ3n) is 2.32. The first-order chi connectivity index (χ1) is 7.69. The topological polar surface area (TPSA) is 56.2 Å². The van der Waals surface area contributed by atoms with Crippen molar-refractivity contribution in [3.63, 3.8) is 0 Å². The molecule has 0 saturated carbocycles. The van der Waals surface area contributed by atoms with Crippen LogP contribution in [-0.2, 0) is 16.1 Å². The molecule has 1 atom stereocenters. The van der Waals surface area contributed by atoms with Crippen LogP contribution in [-0.4, -0.2) is 34.7 Å². The Morgan fingerprint density at radius 1 is 1.62 bits per heavy atom. The van der Waals surface area contributed by atoms with Crippen LogP contribution in [0.15, 0.2) is 12.4 Å². The van der Waals surface area contributed by atoms with E-state index in [0.29, 0.717) is 13.2 Å². The molecule has 1 heterocycles. The summed E-state index contributed by atoms with van der Waals surface area (Å²) in [4.78, 5) is 15.8. The van der Waals surface area contributed by atoms with E-state index in [-0.39, 0.29) is 12.0 Å². The highest BCUT2D eigenvalue weighted by molar-refractivity contribution is 5.75. The number of nitrogens with zero attached hydrogens (tertiary/aromatic N) is 2. The van der Waals surface area contributed by atoms with E-state index in [4.69, 9.17) is 4.74 Å². The lowest BCUT2D eigenvalue weighted by atomic mass is 10.3. The van der Waals surface area contributed by atoms with Gasteiger partial charge in [-0.15, -0.1) is 0 Å². The molecule has 0 aliphatic heterocycles. The van der Waals surface area contributed by atoms with E-state index < -0.39 is 0 Å². The number of carbonyl (C=O) groups excluding carboxylic acids is 1. The summed E-state index contributed by atoms with van der Waals surface area (Å²) in [6.07, 6.45) is 3.59. The van der Waals surface area contributed by atoms with Crippen LogP contribution in [0, 0.1) is 6.92 Å². The second-order valence-electron chi connectivity index (χ2n) is 3.49. The van der Waals surface area contributed by atoms with Crippen LogP contribution < -0.4 is 5.32 Å². The molecule has 0 radical (unpaired) electrons. The van der Waals surface area contributed by atoms with Crippen molar-refractivity contribution in [1.29, 1.82) is 0 Å². The Morgan fingerprint density at radius 2 is 2.38 bits per heavy atom. The van der Waals surface area contributed by atoms with Gasteiger partial charge in [0.05, 0.1) is 6.61 Å². The number of esters is 1. The molecule has 1 aromatic rings. The van der Waals surface area contributed by atoms with Gasteiger partial charge in [0.2, 0.25) is 0 Å². The summed E-state index contributed by atoms with van der Waals surface area (Å²) < 4.78 is 6.94. The van der Waals surface area contributed by atoms with Crippen LogP contribution in [0.3, 0.4) is 0 Å². The Labute approximate surface area is 95.8 Å². The van der Waals surface area contributed by atoms with Crippen molar-refractivity contribution in [1.82, 2.24) is 14.9 Å². The first-order valence-electron chi connectivity index (χ1n) is 5.56. The van der Waals surface area contributed by atoms with Gasteiger partial charge in [0, 0.05) is 18.9 Å². The summed E-state index contributed by atoms with van der Waals surface area (Å²) in [6, 6.07) is -0.308. The van der Waals surface area contributed by atoms with Crippen molar-refractivity contribution in [3.8, 4) is 0 Å². The minimum absolute atomic E-state index is 0.211. The molecule has 1 rings (SSSR count). The van der Waals surface area contributed by atoms with E-state index in [2.05, 4.69) is 10.3 Å². The second kappa shape index (κ2) is 6.27. The molecule has 1 N–H and O–H groups in total. The van der Waals surface area contributed by atoms with Gasteiger partial charge >= 0.3 is 5.97 Å². The van der Waals surface area contributed by atoms with Crippen LogP contribution in [0.1, 0.15) is 19.7 Å². The molecule has 90 valence electrons. The largest absolute Gasteiger partial charge is 0.465 e. The van der Waals surface area contributed by atoms with Gasteiger partial charge in [0.15, 0.2) is 0 Å². The zero-order valence-corrected chi connectivity index (χ0v) is 10.1. The highest BCUT2D eigenvalue weighted by atomic mass is 16.5. The fourth-order valence-electron chi connectivity index (χ4n) is 1.51. The van der Waals surface area contributed by atoms with Crippen molar-refractivity contribution >= 4 is 5.97 Å². The van der Waals surface area contributed by atoms with Gasteiger partial charge in [-0.05, 0) is 20.4 Å². The number of ether oxygens (including phenoxy) is 1. The molecule has 5 heteroatoms. The molecule has 0 saturated heterocycles. The number of hydrogen-bond donors (Lipinski definition) is 1. The number of hydrogen-bond acceptors (Lipinski definition) is 4. The molecule has 0 bridgehead atoms. The maximum absolute atomic E-state index is 11.7. The zero-order valence-electron chi connectivity index (χ0n) is 10.1. The standard InChI is InChI=1S/C11H19N3O2/c1-4-12-10(11(15)16-5-2)8-14-7-6-13-9(14)3/h6-7,10,12H,4-5,8H2,1-3H3. The molecule has 0 spiro atoms. The highest BCUT2D eigenvalue weighted by Crippen LogP contribution is 2.00. The molecule has 16 heavy (non-hydrogen) atoms. The molecule has 5 nitrogen and oxygen atoms in total. The second-order valence-corrected chi connectivity index (χ2v) is 3.49. The molecule has 0 fully saturated rings. The number of nitrogens with one attached hydrogen (secondary N) is 1. The van der Waals surface area contributed by atoms with Crippen molar-refractivity contribution in [2.45, 2.75) is 33.4 Å². The predicted molar refractivity (Wildman–Crippen MR) is 61.1 cm³/mol. The highest BCUT2D eigenvalue weighted by Gasteiger charge is 2.19.